The van der Waals surface area contributed by atoms with E-state index in [0.29, 0.717) is 10.9 Å². The Bertz CT molecular complexity index is 511. The van der Waals surface area contributed by atoms with Crippen molar-refractivity contribution >= 4 is 17.4 Å². The van der Waals surface area contributed by atoms with Crippen LogP contribution in [0.2, 0.25) is 0 Å². The van der Waals surface area contributed by atoms with Crippen molar-refractivity contribution < 1.29 is 13.2 Å². The Kier molecular flexibility index (Phi) is 4.07. The molecule has 2 aromatic heterocycles. The maximum atomic E-state index is 11.9. The lowest BCUT2D eigenvalue weighted by molar-refractivity contribution is -0.124. The Labute approximate surface area is 106 Å². The van der Waals surface area contributed by atoms with Crippen molar-refractivity contribution in [2.24, 2.45) is 0 Å². The van der Waals surface area contributed by atoms with Gasteiger partial charge < -0.3 is 5.32 Å². The monoisotopic (exact) mass is 276 g/mol. The fourth-order valence-electron chi connectivity index (χ4n) is 1.36. The molecule has 0 aromatic carbocycles. The average Bonchev–Trinajstić information content (AvgIpc) is 2.71. The summed E-state index contributed by atoms with van der Waals surface area (Å²) in [6, 6.07) is 5.52. The Morgan fingerprint density at radius 2 is 2.11 bits per heavy atom. The van der Waals surface area contributed by atoms with Gasteiger partial charge in [0, 0.05) is 18.5 Å². The van der Waals surface area contributed by atoms with E-state index in [-0.39, 0.29) is 6.54 Å². The molecular formula is C10H11F3N4S. The largest absolute Gasteiger partial charge is 0.401 e. The van der Waals surface area contributed by atoms with Gasteiger partial charge in [-0.2, -0.15) is 13.2 Å². The summed E-state index contributed by atoms with van der Waals surface area (Å²) in [5.41, 5.74) is 0.725. The minimum atomic E-state index is -4.16. The van der Waals surface area contributed by atoms with Gasteiger partial charge in [-0.25, -0.2) is 0 Å². The lowest BCUT2D eigenvalue weighted by atomic mass is 10.5. The quantitative estimate of drug-likeness (QED) is 0.670. The zero-order valence-corrected chi connectivity index (χ0v) is 10.1. The normalized spacial score (nSPS) is 12.2. The van der Waals surface area contributed by atoms with Gasteiger partial charge in [0.15, 0.2) is 10.8 Å². The number of nitrogens with zero attached hydrogens (tertiary/aromatic N) is 3. The summed E-state index contributed by atoms with van der Waals surface area (Å²) in [5, 5.41) is 10.9. The van der Waals surface area contributed by atoms with E-state index >= 15 is 0 Å². The standard InChI is InChI=1S/C10H11F3N4S/c11-10(12,13)7-14-4-6-18-9-16-15-8-3-1-2-5-17(8)9/h1-3,5,14H,4,6-7H2. The van der Waals surface area contributed by atoms with Crippen LogP contribution in [0.5, 0.6) is 0 Å². The second kappa shape index (κ2) is 5.57. The molecule has 0 aliphatic carbocycles. The number of aromatic nitrogens is 3. The van der Waals surface area contributed by atoms with Gasteiger partial charge in [-0.3, -0.25) is 4.40 Å². The highest BCUT2D eigenvalue weighted by molar-refractivity contribution is 7.99. The maximum Gasteiger partial charge on any atom is 0.401 e. The first-order valence-corrected chi connectivity index (χ1v) is 6.25. The first-order chi connectivity index (χ1) is 8.56. The highest BCUT2D eigenvalue weighted by Crippen LogP contribution is 2.16. The van der Waals surface area contributed by atoms with E-state index in [1.54, 1.807) is 4.40 Å². The Morgan fingerprint density at radius 3 is 2.89 bits per heavy atom. The van der Waals surface area contributed by atoms with E-state index in [0.717, 1.165) is 5.65 Å². The summed E-state index contributed by atoms with van der Waals surface area (Å²) in [5.74, 6) is 0.506. The molecule has 0 saturated heterocycles. The first kappa shape index (κ1) is 13.2. The number of thioether (sulfide) groups is 1. The minimum Gasteiger partial charge on any atom is -0.308 e. The predicted octanol–water partition coefficient (Wildman–Crippen LogP) is 1.97. The lowest BCUT2D eigenvalue weighted by Crippen LogP contribution is -2.30. The van der Waals surface area contributed by atoms with E-state index < -0.39 is 12.7 Å². The zero-order valence-electron chi connectivity index (χ0n) is 9.31. The number of halogens is 3. The van der Waals surface area contributed by atoms with Gasteiger partial charge in [-0.15, -0.1) is 10.2 Å². The van der Waals surface area contributed by atoms with E-state index in [1.165, 1.54) is 11.8 Å². The fourth-order valence-corrected chi connectivity index (χ4v) is 2.18. The van der Waals surface area contributed by atoms with Crippen LogP contribution in [-0.2, 0) is 0 Å². The van der Waals surface area contributed by atoms with Crippen LogP contribution in [0.25, 0.3) is 5.65 Å². The van der Waals surface area contributed by atoms with Gasteiger partial charge >= 0.3 is 6.18 Å². The molecule has 0 atom stereocenters. The van der Waals surface area contributed by atoms with Crippen LogP contribution in [0.4, 0.5) is 13.2 Å². The Balaban J connectivity index is 1.80. The molecule has 0 spiro atoms. The van der Waals surface area contributed by atoms with E-state index in [4.69, 9.17) is 0 Å². The second-order valence-corrected chi connectivity index (χ2v) is 4.61. The highest BCUT2D eigenvalue weighted by Gasteiger charge is 2.25. The van der Waals surface area contributed by atoms with Crippen LogP contribution >= 0.6 is 11.8 Å². The number of pyridine rings is 1. The van der Waals surface area contributed by atoms with Crippen molar-refractivity contribution in [3.63, 3.8) is 0 Å². The van der Waals surface area contributed by atoms with Crippen molar-refractivity contribution in [1.82, 2.24) is 19.9 Å². The Hall–Kier alpha value is -1.28. The van der Waals surface area contributed by atoms with E-state index in [1.807, 2.05) is 24.4 Å². The van der Waals surface area contributed by atoms with Crippen LogP contribution in [0.1, 0.15) is 0 Å². The smallest absolute Gasteiger partial charge is 0.308 e. The molecule has 0 unspecified atom stereocenters. The van der Waals surface area contributed by atoms with Gasteiger partial charge in [0.25, 0.3) is 0 Å². The summed E-state index contributed by atoms with van der Waals surface area (Å²) in [6.07, 6.45) is -2.34. The number of fused-ring (bicyclic) bond motifs is 1. The van der Waals surface area contributed by atoms with Gasteiger partial charge in [0.05, 0.1) is 6.54 Å². The number of nitrogens with one attached hydrogen (secondary N) is 1. The van der Waals surface area contributed by atoms with Crippen molar-refractivity contribution in [1.29, 1.82) is 0 Å². The summed E-state index contributed by atoms with van der Waals surface area (Å²) in [7, 11) is 0. The number of alkyl halides is 3. The highest BCUT2D eigenvalue weighted by atomic mass is 32.2. The zero-order chi connectivity index (χ0) is 13.0. The molecule has 0 aliphatic rings. The number of hydrogen-bond acceptors (Lipinski definition) is 4. The molecule has 98 valence electrons. The molecule has 2 aromatic rings. The third-order valence-electron chi connectivity index (χ3n) is 2.12. The van der Waals surface area contributed by atoms with Crippen LogP contribution in [0, 0.1) is 0 Å². The molecule has 8 heteroatoms. The molecule has 2 heterocycles. The van der Waals surface area contributed by atoms with Gasteiger partial charge in [0.1, 0.15) is 0 Å². The lowest BCUT2D eigenvalue weighted by Gasteiger charge is -2.07. The molecule has 2 rings (SSSR count). The maximum absolute atomic E-state index is 11.9. The summed E-state index contributed by atoms with van der Waals surface area (Å²) in [6.45, 7) is -0.694. The topological polar surface area (TPSA) is 42.2 Å². The number of hydrogen-bond donors (Lipinski definition) is 1. The average molecular weight is 276 g/mol. The Morgan fingerprint density at radius 1 is 1.28 bits per heavy atom. The van der Waals surface area contributed by atoms with E-state index in [9.17, 15) is 13.2 Å². The first-order valence-electron chi connectivity index (χ1n) is 5.26. The molecule has 0 amide bonds. The summed E-state index contributed by atoms with van der Waals surface area (Å²) >= 11 is 1.37. The fraction of sp³-hybridized carbons (Fsp3) is 0.400. The molecule has 0 aliphatic heterocycles. The van der Waals surface area contributed by atoms with Crippen LogP contribution in [0.15, 0.2) is 29.6 Å². The second-order valence-electron chi connectivity index (χ2n) is 3.55. The van der Waals surface area contributed by atoms with Crippen molar-refractivity contribution in [3.8, 4) is 0 Å². The van der Waals surface area contributed by atoms with Crippen molar-refractivity contribution in [2.75, 3.05) is 18.8 Å². The molecular weight excluding hydrogens is 265 g/mol. The predicted molar refractivity (Wildman–Crippen MR) is 62.6 cm³/mol. The minimum absolute atomic E-state index is 0.270. The van der Waals surface area contributed by atoms with Crippen molar-refractivity contribution in [2.45, 2.75) is 11.3 Å². The molecule has 1 N–H and O–H groups in total. The molecule has 0 saturated carbocycles. The van der Waals surface area contributed by atoms with Crippen LogP contribution in [0.3, 0.4) is 0 Å². The van der Waals surface area contributed by atoms with Gasteiger partial charge in [-0.05, 0) is 12.1 Å². The summed E-state index contributed by atoms with van der Waals surface area (Å²) < 4.78 is 37.4. The molecule has 18 heavy (non-hydrogen) atoms. The van der Waals surface area contributed by atoms with Gasteiger partial charge in [-0.1, -0.05) is 17.8 Å². The van der Waals surface area contributed by atoms with Gasteiger partial charge in [0.2, 0.25) is 0 Å². The van der Waals surface area contributed by atoms with E-state index in [2.05, 4.69) is 15.5 Å². The third kappa shape index (κ3) is 3.61. The third-order valence-corrected chi connectivity index (χ3v) is 3.06. The number of rotatable bonds is 5. The molecule has 0 fully saturated rings. The van der Waals surface area contributed by atoms with Crippen LogP contribution < -0.4 is 5.32 Å². The summed E-state index contributed by atoms with van der Waals surface area (Å²) in [4.78, 5) is 0. The van der Waals surface area contributed by atoms with Crippen molar-refractivity contribution in [3.05, 3.63) is 24.4 Å². The van der Waals surface area contributed by atoms with Crippen LogP contribution in [-0.4, -0.2) is 39.6 Å². The molecule has 0 bridgehead atoms. The molecule has 0 radical (unpaired) electrons. The molecule has 4 nitrogen and oxygen atoms in total. The SMILES string of the molecule is FC(F)(F)CNCCSc1nnc2ccccn12.